The Hall–Kier alpha value is -0.460. The number of hydrogen-bond acceptors (Lipinski definition) is 5. The van der Waals surface area contributed by atoms with Gasteiger partial charge in [-0.1, -0.05) is 0 Å². The Balaban J connectivity index is 2.84. The predicted octanol–water partition coefficient (Wildman–Crippen LogP) is 1.12. The second-order valence-electron chi connectivity index (χ2n) is 2.31. The van der Waals surface area contributed by atoms with Gasteiger partial charge in [0.15, 0.2) is 0 Å². The standard InChI is InChI=1S/C7H9BrN2O2S/c1-12-7(11)4(2-9)6-10-3-5(8)13-6/h3-4H,2,9H2,1H3. The van der Waals surface area contributed by atoms with E-state index in [4.69, 9.17) is 5.73 Å². The lowest BCUT2D eigenvalue weighted by atomic mass is 10.1. The second-order valence-corrected chi connectivity index (χ2v) is 4.76. The minimum absolute atomic E-state index is 0.215. The Morgan fingerprint density at radius 1 is 1.92 bits per heavy atom. The molecule has 72 valence electrons. The Kier molecular flexibility index (Phi) is 3.83. The van der Waals surface area contributed by atoms with Gasteiger partial charge in [-0.2, -0.15) is 0 Å². The fourth-order valence-corrected chi connectivity index (χ4v) is 2.21. The Labute approximate surface area is 88.2 Å². The van der Waals surface area contributed by atoms with Crippen LogP contribution in [0.4, 0.5) is 0 Å². The molecule has 0 saturated heterocycles. The largest absolute Gasteiger partial charge is 0.468 e. The van der Waals surface area contributed by atoms with E-state index in [1.807, 2.05) is 0 Å². The summed E-state index contributed by atoms with van der Waals surface area (Å²) in [6.07, 6.45) is 1.64. The molecule has 0 fully saturated rings. The van der Waals surface area contributed by atoms with Crippen molar-refractivity contribution in [3.05, 3.63) is 15.0 Å². The first-order valence-electron chi connectivity index (χ1n) is 3.58. The van der Waals surface area contributed by atoms with E-state index in [0.29, 0.717) is 5.01 Å². The molecule has 1 aromatic heterocycles. The Morgan fingerprint density at radius 2 is 2.62 bits per heavy atom. The van der Waals surface area contributed by atoms with Crippen molar-refractivity contribution >= 4 is 33.2 Å². The van der Waals surface area contributed by atoms with Crippen LogP contribution in [0.15, 0.2) is 9.98 Å². The molecule has 0 amide bonds. The number of carbonyl (C=O) groups is 1. The van der Waals surface area contributed by atoms with Crippen LogP contribution in [0.5, 0.6) is 0 Å². The SMILES string of the molecule is COC(=O)C(CN)c1ncc(Br)s1. The number of esters is 1. The average molecular weight is 265 g/mol. The molecule has 1 atom stereocenters. The summed E-state index contributed by atoms with van der Waals surface area (Å²) in [5.74, 6) is -0.786. The molecule has 4 nitrogen and oxygen atoms in total. The number of methoxy groups -OCH3 is 1. The predicted molar refractivity (Wildman–Crippen MR) is 53.6 cm³/mol. The number of ether oxygens (including phenoxy) is 1. The van der Waals surface area contributed by atoms with Gasteiger partial charge in [0.05, 0.1) is 17.1 Å². The van der Waals surface area contributed by atoms with E-state index in [0.717, 1.165) is 3.79 Å². The summed E-state index contributed by atoms with van der Waals surface area (Å²) in [4.78, 5) is 15.2. The number of nitrogens with two attached hydrogens (primary N) is 1. The van der Waals surface area contributed by atoms with Crippen molar-refractivity contribution in [2.24, 2.45) is 5.73 Å². The van der Waals surface area contributed by atoms with Gasteiger partial charge in [0.1, 0.15) is 10.9 Å². The van der Waals surface area contributed by atoms with Crippen molar-refractivity contribution in [3.63, 3.8) is 0 Å². The highest BCUT2D eigenvalue weighted by Crippen LogP contribution is 2.25. The lowest BCUT2D eigenvalue weighted by Gasteiger charge is -2.07. The van der Waals surface area contributed by atoms with Crippen molar-refractivity contribution in [3.8, 4) is 0 Å². The van der Waals surface area contributed by atoms with Crippen molar-refractivity contribution in [2.75, 3.05) is 13.7 Å². The normalized spacial score (nSPS) is 12.5. The van der Waals surface area contributed by atoms with Gasteiger partial charge in [-0.15, -0.1) is 11.3 Å². The van der Waals surface area contributed by atoms with Crippen LogP contribution in [0.2, 0.25) is 0 Å². The highest BCUT2D eigenvalue weighted by molar-refractivity contribution is 9.11. The Morgan fingerprint density at radius 3 is 3.00 bits per heavy atom. The number of carbonyl (C=O) groups excluding carboxylic acids is 1. The first-order chi connectivity index (χ1) is 6.19. The second kappa shape index (κ2) is 4.69. The van der Waals surface area contributed by atoms with Gasteiger partial charge in [-0.25, -0.2) is 4.98 Å². The van der Waals surface area contributed by atoms with Crippen LogP contribution in [0, 0.1) is 0 Å². The summed E-state index contributed by atoms with van der Waals surface area (Å²) in [6.45, 7) is 0.215. The lowest BCUT2D eigenvalue weighted by Crippen LogP contribution is -2.22. The zero-order valence-electron chi connectivity index (χ0n) is 6.99. The summed E-state index contributed by atoms with van der Waals surface area (Å²) in [7, 11) is 1.34. The van der Waals surface area contributed by atoms with Gasteiger partial charge < -0.3 is 10.5 Å². The van der Waals surface area contributed by atoms with Gasteiger partial charge in [0.25, 0.3) is 0 Å². The highest BCUT2D eigenvalue weighted by atomic mass is 79.9. The summed E-state index contributed by atoms with van der Waals surface area (Å²) < 4.78 is 5.48. The molecule has 0 radical (unpaired) electrons. The number of thiazole rings is 1. The minimum atomic E-state index is -0.443. The molecular formula is C7H9BrN2O2S. The van der Waals surface area contributed by atoms with Crippen LogP contribution >= 0.6 is 27.3 Å². The first kappa shape index (κ1) is 10.6. The van der Waals surface area contributed by atoms with E-state index in [1.165, 1.54) is 18.4 Å². The van der Waals surface area contributed by atoms with Crippen molar-refractivity contribution < 1.29 is 9.53 Å². The first-order valence-corrected chi connectivity index (χ1v) is 5.19. The molecule has 0 aromatic carbocycles. The van der Waals surface area contributed by atoms with Crippen LogP contribution in [-0.2, 0) is 9.53 Å². The third-order valence-electron chi connectivity index (χ3n) is 1.51. The summed E-state index contributed by atoms with van der Waals surface area (Å²) in [5.41, 5.74) is 5.44. The van der Waals surface area contributed by atoms with Crippen molar-refractivity contribution in [1.29, 1.82) is 0 Å². The molecular weight excluding hydrogens is 256 g/mol. The molecule has 13 heavy (non-hydrogen) atoms. The van der Waals surface area contributed by atoms with Crippen molar-refractivity contribution in [2.45, 2.75) is 5.92 Å². The summed E-state index contributed by atoms with van der Waals surface area (Å²) in [6, 6.07) is 0. The van der Waals surface area contributed by atoms with E-state index in [1.54, 1.807) is 6.20 Å². The third kappa shape index (κ3) is 2.49. The molecule has 0 spiro atoms. The number of rotatable bonds is 3. The molecule has 2 N–H and O–H groups in total. The van der Waals surface area contributed by atoms with Crippen LogP contribution in [-0.4, -0.2) is 24.6 Å². The average Bonchev–Trinajstić information content (AvgIpc) is 2.53. The van der Waals surface area contributed by atoms with Crippen LogP contribution in [0.25, 0.3) is 0 Å². The zero-order valence-corrected chi connectivity index (χ0v) is 9.39. The van der Waals surface area contributed by atoms with E-state index in [2.05, 4.69) is 25.7 Å². The molecule has 1 aromatic rings. The number of aromatic nitrogens is 1. The fraction of sp³-hybridized carbons (Fsp3) is 0.429. The zero-order chi connectivity index (χ0) is 9.84. The van der Waals surface area contributed by atoms with Gasteiger partial charge in [-0.3, -0.25) is 4.79 Å². The van der Waals surface area contributed by atoms with Crippen LogP contribution < -0.4 is 5.73 Å². The third-order valence-corrected chi connectivity index (χ3v) is 3.10. The minimum Gasteiger partial charge on any atom is -0.468 e. The van der Waals surface area contributed by atoms with E-state index < -0.39 is 5.92 Å². The molecule has 6 heteroatoms. The number of nitrogens with zero attached hydrogens (tertiary/aromatic N) is 1. The number of halogens is 1. The molecule has 1 rings (SSSR count). The molecule has 0 aliphatic carbocycles. The maximum Gasteiger partial charge on any atom is 0.316 e. The fourth-order valence-electron chi connectivity index (χ4n) is 0.868. The Bertz CT molecular complexity index is 302. The van der Waals surface area contributed by atoms with Gasteiger partial charge >= 0.3 is 5.97 Å². The van der Waals surface area contributed by atoms with Gasteiger partial charge in [0.2, 0.25) is 0 Å². The summed E-state index contributed by atoms with van der Waals surface area (Å²) in [5, 5.41) is 0.682. The van der Waals surface area contributed by atoms with E-state index in [-0.39, 0.29) is 12.5 Å². The number of hydrogen-bond donors (Lipinski definition) is 1. The maximum atomic E-state index is 11.2. The monoisotopic (exact) mass is 264 g/mol. The van der Waals surface area contributed by atoms with Crippen LogP contribution in [0.1, 0.15) is 10.9 Å². The quantitative estimate of drug-likeness (QED) is 0.832. The van der Waals surface area contributed by atoms with Crippen LogP contribution in [0.3, 0.4) is 0 Å². The molecule has 0 bridgehead atoms. The topological polar surface area (TPSA) is 65.2 Å². The summed E-state index contributed by atoms with van der Waals surface area (Å²) >= 11 is 4.65. The van der Waals surface area contributed by atoms with E-state index >= 15 is 0 Å². The molecule has 1 heterocycles. The smallest absolute Gasteiger partial charge is 0.316 e. The molecule has 1 unspecified atom stereocenters. The van der Waals surface area contributed by atoms with Gasteiger partial charge in [-0.05, 0) is 15.9 Å². The van der Waals surface area contributed by atoms with Gasteiger partial charge in [0, 0.05) is 6.54 Å². The highest BCUT2D eigenvalue weighted by Gasteiger charge is 2.22. The molecule has 0 aliphatic rings. The molecule has 0 aliphatic heterocycles. The van der Waals surface area contributed by atoms with Crippen molar-refractivity contribution in [1.82, 2.24) is 4.98 Å². The lowest BCUT2D eigenvalue weighted by molar-refractivity contribution is -0.142. The maximum absolute atomic E-state index is 11.2. The van der Waals surface area contributed by atoms with E-state index in [9.17, 15) is 4.79 Å². The molecule has 0 saturated carbocycles.